The van der Waals surface area contributed by atoms with Crippen molar-refractivity contribution in [3.63, 3.8) is 0 Å². The Balaban J connectivity index is 1.27. The molecule has 2 aliphatic rings. The molecule has 1 unspecified atom stereocenters. The average molecular weight is 488 g/mol. The lowest BCUT2D eigenvalue weighted by atomic mass is 9.95. The number of ether oxygens (including phenoxy) is 1. The van der Waals surface area contributed by atoms with Crippen LogP contribution in [-0.4, -0.2) is 47.2 Å². The fourth-order valence-corrected chi connectivity index (χ4v) is 5.54. The number of hydrogen-bond donors (Lipinski definition) is 2. The first-order valence-corrected chi connectivity index (χ1v) is 12.5. The van der Waals surface area contributed by atoms with E-state index in [0.717, 1.165) is 70.9 Å². The van der Waals surface area contributed by atoms with Crippen molar-refractivity contribution in [2.24, 2.45) is 0 Å². The number of pyridine rings is 2. The lowest BCUT2D eigenvalue weighted by molar-refractivity contribution is 0.0945. The third-order valence-electron chi connectivity index (χ3n) is 7.32. The van der Waals surface area contributed by atoms with Gasteiger partial charge in [-0.05, 0) is 52.1 Å². The molecule has 182 valence electrons. The first-order valence-electron chi connectivity index (χ1n) is 12.5. The highest BCUT2D eigenvalue weighted by atomic mass is 16.5. The lowest BCUT2D eigenvalue weighted by Crippen LogP contribution is -2.36. The predicted octanol–water partition coefficient (Wildman–Crippen LogP) is 4.96. The van der Waals surface area contributed by atoms with Crippen molar-refractivity contribution >= 4 is 22.8 Å². The maximum absolute atomic E-state index is 13.5. The van der Waals surface area contributed by atoms with Crippen molar-refractivity contribution in [1.29, 1.82) is 0 Å². The number of aromatic nitrogens is 3. The summed E-state index contributed by atoms with van der Waals surface area (Å²) in [5, 5.41) is 4.12. The number of carbonyl (C=O) groups excluding carboxylic acids is 1. The second kappa shape index (κ2) is 8.87. The molecule has 1 aliphatic heterocycles. The van der Waals surface area contributed by atoms with Crippen molar-refractivity contribution < 1.29 is 9.53 Å². The SMILES string of the molecule is O=C(NC1c2ccccc2-c2c(-c3ccc(N4CCOCC4)nc3)cccc21)c1ccnc2[nH]ccc12. The van der Waals surface area contributed by atoms with Crippen LogP contribution in [0.1, 0.15) is 27.5 Å². The molecule has 5 aromatic rings. The molecule has 2 N–H and O–H groups in total. The molecule has 0 saturated carbocycles. The molecule has 4 heterocycles. The number of rotatable bonds is 4. The van der Waals surface area contributed by atoms with Crippen LogP contribution in [-0.2, 0) is 4.74 Å². The molecule has 1 atom stereocenters. The summed E-state index contributed by atoms with van der Waals surface area (Å²) in [6, 6.07) is 22.3. The van der Waals surface area contributed by atoms with Gasteiger partial charge in [0.25, 0.3) is 5.91 Å². The van der Waals surface area contributed by atoms with Crippen LogP contribution in [0.5, 0.6) is 0 Å². The number of morpholine rings is 1. The van der Waals surface area contributed by atoms with Crippen LogP contribution < -0.4 is 10.2 Å². The third-order valence-corrected chi connectivity index (χ3v) is 7.32. The van der Waals surface area contributed by atoms with Gasteiger partial charge in [0, 0.05) is 42.6 Å². The van der Waals surface area contributed by atoms with Gasteiger partial charge in [0.2, 0.25) is 0 Å². The number of amides is 1. The predicted molar refractivity (Wildman–Crippen MR) is 144 cm³/mol. The van der Waals surface area contributed by atoms with Crippen LogP contribution in [0.4, 0.5) is 5.82 Å². The van der Waals surface area contributed by atoms with E-state index in [4.69, 9.17) is 9.72 Å². The summed E-state index contributed by atoms with van der Waals surface area (Å²) >= 11 is 0. The maximum Gasteiger partial charge on any atom is 0.252 e. The minimum atomic E-state index is -0.249. The molecule has 1 amide bonds. The zero-order valence-electron chi connectivity index (χ0n) is 20.1. The van der Waals surface area contributed by atoms with E-state index in [2.05, 4.69) is 68.7 Å². The number of H-pyrrole nitrogens is 1. The Morgan fingerprint density at radius 3 is 2.62 bits per heavy atom. The van der Waals surface area contributed by atoms with E-state index in [1.807, 2.05) is 18.3 Å². The molecule has 7 nitrogen and oxygen atoms in total. The minimum absolute atomic E-state index is 0.124. The topological polar surface area (TPSA) is 83.1 Å². The van der Waals surface area contributed by atoms with E-state index in [-0.39, 0.29) is 11.9 Å². The number of hydrogen-bond acceptors (Lipinski definition) is 5. The zero-order valence-corrected chi connectivity index (χ0v) is 20.1. The smallest absolute Gasteiger partial charge is 0.252 e. The van der Waals surface area contributed by atoms with Gasteiger partial charge in [-0.15, -0.1) is 0 Å². The molecule has 1 saturated heterocycles. The van der Waals surface area contributed by atoms with E-state index in [1.165, 1.54) is 0 Å². The van der Waals surface area contributed by atoms with Crippen molar-refractivity contribution in [2.45, 2.75) is 6.04 Å². The number of fused-ring (bicyclic) bond motifs is 4. The quantitative estimate of drug-likeness (QED) is 0.374. The van der Waals surface area contributed by atoms with Crippen LogP contribution in [0.2, 0.25) is 0 Å². The maximum atomic E-state index is 13.5. The van der Waals surface area contributed by atoms with Gasteiger partial charge in [0.05, 0.1) is 24.8 Å². The Hall–Kier alpha value is -4.49. The summed E-state index contributed by atoms with van der Waals surface area (Å²) in [7, 11) is 0. The standard InChI is InChI=1S/C30H25N5O2/c36-30(24-11-13-32-29-23(24)10-12-31-29)34-28-22-5-2-1-4-21(22)27-20(6-3-7-25(27)28)19-8-9-26(33-18-19)35-14-16-37-17-15-35/h1-13,18,28H,14-17H2,(H,31,32)(H,34,36). The molecule has 7 heteroatoms. The molecule has 0 spiro atoms. The Bertz CT molecular complexity index is 1620. The van der Waals surface area contributed by atoms with Gasteiger partial charge in [-0.2, -0.15) is 0 Å². The van der Waals surface area contributed by atoms with Crippen molar-refractivity contribution in [3.8, 4) is 22.3 Å². The first-order chi connectivity index (χ1) is 18.3. The van der Waals surface area contributed by atoms with Crippen LogP contribution in [0.3, 0.4) is 0 Å². The molecule has 2 aromatic carbocycles. The molecule has 0 bridgehead atoms. The molecule has 0 radical (unpaired) electrons. The molecule has 3 aromatic heterocycles. The average Bonchev–Trinajstić information content (AvgIpc) is 3.57. The van der Waals surface area contributed by atoms with Crippen molar-refractivity contribution in [1.82, 2.24) is 20.3 Å². The van der Waals surface area contributed by atoms with Crippen LogP contribution in [0, 0.1) is 0 Å². The molecule has 1 aliphatic carbocycles. The molecule has 7 rings (SSSR count). The van der Waals surface area contributed by atoms with Gasteiger partial charge < -0.3 is 19.9 Å². The molecule has 37 heavy (non-hydrogen) atoms. The summed E-state index contributed by atoms with van der Waals surface area (Å²) in [5.74, 6) is 0.847. The van der Waals surface area contributed by atoms with E-state index in [0.29, 0.717) is 11.2 Å². The van der Waals surface area contributed by atoms with Crippen LogP contribution in [0.25, 0.3) is 33.3 Å². The Labute approximate surface area is 214 Å². The van der Waals surface area contributed by atoms with Crippen molar-refractivity contribution in [3.05, 3.63) is 102 Å². The number of nitrogens with one attached hydrogen (secondary N) is 2. The highest BCUT2D eigenvalue weighted by Gasteiger charge is 2.32. The van der Waals surface area contributed by atoms with Crippen molar-refractivity contribution in [2.75, 3.05) is 31.2 Å². The molecule has 1 fully saturated rings. The summed E-state index contributed by atoms with van der Waals surface area (Å²) < 4.78 is 5.48. The summed E-state index contributed by atoms with van der Waals surface area (Å²) in [6.07, 6.45) is 5.42. The first kappa shape index (κ1) is 21.8. The number of nitrogens with zero attached hydrogens (tertiary/aromatic N) is 3. The number of anilines is 1. The zero-order chi connectivity index (χ0) is 24.8. The molecular weight excluding hydrogens is 462 g/mol. The normalized spacial score (nSPS) is 16.4. The van der Waals surface area contributed by atoms with Crippen LogP contribution >= 0.6 is 0 Å². The van der Waals surface area contributed by atoms with E-state index in [1.54, 1.807) is 18.5 Å². The molecular formula is C30H25N5O2. The second-order valence-corrected chi connectivity index (χ2v) is 9.37. The minimum Gasteiger partial charge on any atom is -0.378 e. The fraction of sp³-hybridized carbons (Fsp3) is 0.167. The monoisotopic (exact) mass is 487 g/mol. The van der Waals surface area contributed by atoms with Gasteiger partial charge in [0.1, 0.15) is 11.5 Å². The number of aromatic amines is 1. The summed E-state index contributed by atoms with van der Waals surface area (Å²) in [5.41, 5.74) is 7.94. The Morgan fingerprint density at radius 2 is 1.76 bits per heavy atom. The second-order valence-electron chi connectivity index (χ2n) is 9.37. The van der Waals surface area contributed by atoms with Gasteiger partial charge in [-0.3, -0.25) is 4.79 Å². The Morgan fingerprint density at radius 1 is 0.919 bits per heavy atom. The Kier molecular flexibility index (Phi) is 5.22. The van der Waals surface area contributed by atoms with E-state index in [9.17, 15) is 4.79 Å². The van der Waals surface area contributed by atoms with E-state index >= 15 is 0 Å². The van der Waals surface area contributed by atoms with E-state index < -0.39 is 0 Å². The summed E-state index contributed by atoms with van der Waals surface area (Å²) in [4.78, 5) is 27.9. The van der Waals surface area contributed by atoms with Gasteiger partial charge in [-0.25, -0.2) is 9.97 Å². The van der Waals surface area contributed by atoms with Gasteiger partial charge in [0.15, 0.2) is 0 Å². The number of carbonyl (C=O) groups is 1. The largest absolute Gasteiger partial charge is 0.378 e. The lowest BCUT2D eigenvalue weighted by Gasteiger charge is -2.27. The third kappa shape index (κ3) is 3.67. The van der Waals surface area contributed by atoms with Gasteiger partial charge in [-0.1, -0.05) is 42.5 Å². The van der Waals surface area contributed by atoms with Crippen LogP contribution in [0.15, 0.2) is 85.3 Å². The number of benzene rings is 2. The highest BCUT2D eigenvalue weighted by Crippen LogP contribution is 2.48. The summed E-state index contributed by atoms with van der Waals surface area (Å²) in [6.45, 7) is 3.17. The van der Waals surface area contributed by atoms with Gasteiger partial charge >= 0.3 is 0 Å². The fourth-order valence-electron chi connectivity index (χ4n) is 5.54. The highest BCUT2D eigenvalue weighted by molar-refractivity contribution is 6.06.